The molecule has 0 heterocycles. The Bertz CT molecular complexity index is 255. The van der Waals surface area contributed by atoms with Gasteiger partial charge in [0.25, 0.3) is 0 Å². The van der Waals surface area contributed by atoms with E-state index in [2.05, 4.69) is 12.1 Å². The first-order valence-electron chi connectivity index (χ1n) is 3.78. The van der Waals surface area contributed by atoms with E-state index in [9.17, 15) is 0 Å². The Labute approximate surface area is 71.2 Å². The topological polar surface area (TPSA) is 26.0 Å². The van der Waals surface area contributed by atoms with Crippen LogP contribution >= 0.6 is 11.6 Å². The lowest BCUT2D eigenvalue weighted by Gasteiger charge is -1.96. The molecule has 2 N–H and O–H groups in total. The van der Waals surface area contributed by atoms with Crippen molar-refractivity contribution in [1.29, 1.82) is 0 Å². The maximum atomic E-state index is 5.74. The van der Waals surface area contributed by atoms with Gasteiger partial charge >= 0.3 is 0 Å². The molecular formula is C9H10ClN. The number of benzene rings is 1. The summed E-state index contributed by atoms with van der Waals surface area (Å²) < 4.78 is 0. The number of halogens is 1. The average Bonchev–Trinajstić information content (AvgIpc) is 2.69. The van der Waals surface area contributed by atoms with Gasteiger partial charge in [-0.1, -0.05) is 23.7 Å². The van der Waals surface area contributed by atoms with Gasteiger partial charge in [0.15, 0.2) is 0 Å². The predicted molar refractivity (Wildman–Crippen MR) is 46.8 cm³/mol. The van der Waals surface area contributed by atoms with Crippen LogP contribution in [0, 0.1) is 0 Å². The molecule has 1 fully saturated rings. The molecule has 0 aromatic heterocycles. The number of hydrogen-bond acceptors (Lipinski definition) is 1. The molecule has 1 saturated carbocycles. The van der Waals surface area contributed by atoms with E-state index in [4.69, 9.17) is 17.3 Å². The maximum Gasteiger partial charge on any atom is 0.0406 e. The molecule has 58 valence electrons. The second-order valence-corrected chi connectivity index (χ2v) is 3.49. The van der Waals surface area contributed by atoms with Gasteiger partial charge in [0, 0.05) is 17.0 Å². The maximum absolute atomic E-state index is 5.74. The molecule has 1 aliphatic rings. The molecular weight excluding hydrogens is 158 g/mol. The van der Waals surface area contributed by atoms with Gasteiger partial charge in [-0.05, 0) is 24.1 Å². The monoisotopic (exact) mass is 167 g/mol. The average molecular weight is 168 g/mol. The highest BCUT2D eigenvalue weighted by Gasteiger charge is 2.34. The van der Waals surface area contributed by atoms with Crippen LogP contribution in [0.2, 0.25) is 5.02 Å². The van der Waals surface area contributed by atoms with Crippen molar-refractivity contribution in [3.05, 3.63) is 34.9 Å². The molecule has 0 radical (unpaired) electrons. The molecule has 2 atom stereocenters. The lowest BCUT2D eigenvalue weighted by atomic mass is 10.1. The van der Waals surface area contributed by atoms with Gasteiger partial charge in [-0.3, -0.25) is 0 Å². The summed E-state index contributed by atoms with van der Waals surface area (Å²) in [6, 6.07) is 8.33. The van der Waals surface area contributed by atoms with E-state index in [1.807, 2.05) is 12.1 Å². The van der Waals surface area contributed by atoms with E-state index in [0.29, 0.717) is 12.0 Å². The summed E-state index contributed by atoms with van der Waals surface area (Å²) in [5.41, 5.74) is 7.02. The summed E-state index contributed by atoms with van der Waals surface area (Å²) in [4.78, 5) is 0. The highest BCUT2D eigenvalue weighted by atomic mass is 35.5. The van der Waals surface area contributed by atoms with Gasteiger partial charge in [-0.25, -0.2) is 0 Å². The zero-order valence-electron chi connectivity index (χ0n) is 6.13. The minimum Gasteiger partial charge on any atom is -0.327 e. The normalized spacial score (nSPS) is 28.5. The van der Waals surface area contributed by atoms with Gasteiger partial charge in [-0.2, -0.15) is 0 Å². The molecule has 0 unspecified atom stereocenters. The van der Waals surface area contributed by atoms with E-state index < -0.39 is 0 Å². The van der Waals surface area contributed by atoms with Crippen LogP contribution in [0.5, 0.6) is 0 Å². The molecule has 2 heteroatoms. The minimum absolute atomic E-state index is 0.385. The lowest BCUT2D eigenvalue weighted by Crippen LogP contribution is -2.00. The summed E-state index contributed by atoms with van der Waals surface area (Å²) in [5, 5.41) is 0.794. The first-order chi connectivity index (χ1) is 5.27. The van der Waals surface area contributed by atoms with Crippen LogP contribution in [0.4, 0.5) is 0 Å². The van der Waals surface area contributed by atoms with Crippen LogP contribution in [0.3, 0.4) is 0 Å². The molecule has 1 aromatic carbocycles. The van der Waals surface area contributed by atoms with Crippen molar-refractivity contribution in [2.75, 3.05) is 0 Å². The Hall–Kier alpha value is -0.530. The fraction of sp³-hybridized carbons (Fsp3) is 0.333. The van der Waals surface area contributed by atoms with Crippen LogP contribution in [-0.4, -0.2) is 6.04 Å². The molecule has 2 rings (SSSR count). The third kappa shape index (κ3) is 1.39. The minimum atomic E-state index is 0.385. The van der Waals surface area contributed by atoms with Gasteiger partial charge < -0.3 is 5.73 Å². The Kier molecular flexibility index (Phi) is 1.63. The van der Waals surface area contributed by atoms with E-state index in [-0.39, 0.29) is 0 Å². The second-order valence-electron chi connectivity index (χ2n) is 3.06. The van der Waals surface area contributed by atoms with E-state index in [1.54, 1.807) is 0 Å². The molecule has 0 aliphatic heterocycles. The van der Waals surface area contributed by atoms with Gasteiger partial charge in [-0.15, -0.1) is 0 Å². The van der Waals surface area contributed by atoms with Gasteiger partial charge in [0.1, 0.15) is 0 Å². The standard InChI is InChI=1S/C9H10ClN/c10-7-3-1-6(2-4-7)8-5-9(8)11/h1-4,8-9H,5,11H2/t8-,9-/m0/s1. The van der Waals surface area contributed by atoms with Crippen molar-refractivity contribution in [2.45, 2.75) is 18.4 Å². The van der Waals surface area contributed by atoms with Crippen LogP contribution < -0.4 is 5.73 Å². The van der Waals surface area contributed by atoms with Gasteiger partial charge in [0.2, 0.25) is 0 Å². The fourth-order valence-corrected chi connectivity index (χ4v) is 1.43. The predicted octanol–water partition coefficient (Wildman–Crippen LogP) is 2.15. The van der Waals surface area contributed by atoms with Crippen molar-refractivity contribution >= 4 is 11.6 Å². The zero-order valence-corrected chi connectivity index (χ0v) is 6.88. The number of nitrogens with two attached hydrogens (primary N) is 1. The van der Waals surface area contributed by atoms with Crippen LogP contribution in [-0.2, 0) is 0 Å². The third-order valence-electron chi connectivity index (χ3n) is 2.14. The van der Waals surface area contributed by atoms with Crippen molar-refractivity contribution in [2.24, 2.45) is 5.73 Å². The van der Waals surface area contributed by atoms with Crippen LogP contribution in [0.1, 0.15) is 17.9 Å². The second kappa shape index (κ2) is 2.50. The smallest absolute Gasteiger partial charge is 0.0406 e. The quantitative estimate of drug-likeness (QED) is 0.682. The largest absolute Gasteiger partial charge is 0.327 e. The van der Waals surface area contributed by atoms with E-state index >= 15 is 0 Å². The Balaban J connectivity index is 2.21. The van der Waals surface area contributed by atoms with Crippen molar-refractivity contribution < 1.29 is 0 Å². The highest BCUT2D eigenvalue weighted by Crippen LogP contribution is 2.38. The molecule has 1 aliphatic carbocycles. The summed E-state index contributed by atoms with van der Waals surface area (Å²) in [5.74, 6) is 0.590. The van der Waals surface area contributed by atoms with Crippen LogP contribution in [0.25, 0.3) is 0 Å². The SMILES string of the molecule is N[C@H]1C[C@H]1c1ccc(Cl)cc1. The Morgan fingerprint density at radius 1 is 1.27 bits per heavy atom. The summed E-state index contributed by atoms with van der Waals surface area (Å²) in [6.07, 6.45) is 1.13. The Morgan fingerprint density at radius 2 is 1.82 bits per heavy atom. The zero-order chi connectivity index (χ0) is 7.84. The third-order valence-corrected chi connectivity index (χ3v) is 2.39. The fourth-order valence-electron chi connectivity index (χ4n) is 1.31. The number of hydrogen-bond donors (Lipinski definition) is 1. The summed E-state index contributed by atoms with van der Waals surface area (Å²) in [6.45, 7) is 0. The van der Waals surface area contributed by atoms with Crippen LogP contribution in [0.15, 0.2) is 24.3 Å². The first-order valence-corrected chi connectivity index (χ1v) is 4.16. The number of rotatable bonds is 1. The molecule has 11 heavy (non-hydrogen) atoms. The molecule has 0 spiro atoms. The van der Waals surface area contributed by atoms with E-state index in [1.165, 1.54) is 5.56 Å². The van der Waals surface area contributed by atoms with Crippen molar-refractivity contribution in [1.82, 2.24) is 0 Å². The highest BCUT2D eigenvalue weighted by molar-refractivity contribution is 6.30. The molecule has 0 saturated heterocycles. The Morgan fingerprint density at radius 3 is 2.27 bits per heavy atom. The van der Waals surface area contributed by atoms with Crippen molar-refractivity contribution in [3.8, 4) is 0 Å². The summed E-state index contributed by atoms with van der Waals surface area (Å²) >= 11 is 5.74. The van der Waals surface area contributed by atoms with E-state index in [0.717, 1.165) is 11.4 Å². The van der Waals surface area contributed by atoms with Crippen molar-refractivity contribution in [3.63, 3.8) is 0 Å². The molecule has 1 nitrogen and oxygen atoms in total. The molecule has 1 aromatic rings. The van der Waals surface area contributed by atoms with Gasteiger partial charge in [0.05, 0.1) is 0 Å². The molecule has 0 bridgehead atoms. The first kappa shape index (κ1) is 7.14. The summed E-state index contributed by atoms with van der Waals surface area (Å²) in [7, 11) is 0. The molecule has 0 amide bonds. The lowest BCUT2D eigenvalue weighted by molar-refractivity contribution is 0.991.